The summed E-state index contributed by atoms with van der Waals surface area (Å²) in [5.41, 5.74) is 9.03. The SMILES string of the molecule is COCc1ccccc1NC(N)=NCc1ccc(OC)c(OC2CCCC2)c1. The first-order valence-electron chi connectivity index (χ1n) is 9.67. The molecule has 6 nitrogen and oxygen atoms in total. The summed E-state index contributed by atoms with van der Waals surface area (Å²) in [6, 6.07) is 13.8. The Morgan fingerprint density at radius 2 is 1.89 bits per heavy atom. The van der Waals surface area contributed by atoms with Gasteiger partial charge in [0, 0.05) is 18.4 Å². The van der Waals surface area contributed by atoms with Crippen molar-refractivity contribution in [3.05, 3.63) is 53.6 Å². The normalized spacial score (nSPS) is 14.9. The minimum absolute atomic E-state index is 0.275. The van der Waals surface area contributed by atoms with Gasteiger partial charge >= 0.3 is 0 Å². The van der Waals surface area contributed by atoms with Gasteiger partial charge < -0.3 is 25.3 Å². The van der Waals surface area contributed by atoms with Crippen LogP contribution in [0.5, 0.6) is 11.5 Å². The number of para-hydroxylation sites is 1. The number of nitrogens with two attached hydrogens (primary N) is 1. The maximum Gasteiger partial charge on any atom is 0.193 e. The van der Waals surface area contributed by atoms with Crippen LogP contribution in [0.4, 0.5) is 5.69 Å². The van der Waals surface area contributed by atoms with Crippen LogP contribution in [0.15, 0.2) is 47.5 Å². The van der Waals surface area contributed by atoms with Gasteiger partial charge in [-0.3, -0.25) is 0 Å². The van der Waals surface area contributed by atoms with Gasteiger partial charge in [-0.25, -0.2) is 4.99 Å². The highest BCUT2D eigenvalue weighted by atomic mass is 16.5. The Morgan fingerprint density at radius 3 is 2.64 bits per heavy atom. The lowest BCUT2D eigenvalue weighted by Crippen LogP contribution is -2.23. The highest BCUT2D eigenvalue weighted by Crippen LogP contribution is 2.32. The maximum absolute atomic E-state index is 6.15. The Bertz CT molecular complexity index is 801. The lowest BCUT2D eigenvalue weighted by Gasteiger charge is -2.16. The van der Waals surface area contributed by atoms with Crippen LogP contribution >= 0.6 is 0 Å². The Morgan fingerprint density at radius 1 is 1.11 bits per heavy atom. The van der Waals surface area contributed by atoms with Crippen molar-refractivity contribution in [2.24, 2.45) is 10.7 Å². The van der Waals surface area contributed by atoms with Crippen LogP contribution in [0, 0.1) is 0 Å². The molecule has 0 aliphatic heterocycles. The molecule has 0 heterocycles. The second-order valence-electron chi connectivity index (χ2n) is 6.93. The van der Waals surface area contributed by atoms with Crippen molar-refractivity contribution in [1.29, 1.82) is 0 Å². The van der Waals surface area contributed by atoms with Gasteiger partial charge in [0.25, 0.3) is 0 Å². The van der Waals surface area contributed by atoms with Crippen molar-refractivity contribution >= 4 is 11.6 Å². The molecule has 0 spiro atoms. The maximum atomic E-state index is 6.15. The first-order chi connectivity index (χ1) is 13.7. The molecule has 0 radical (unpaired) electrons. The summed E-state index contributed by atoms with van der Waals surface area (Å²) in [6.45, 7) is 0.965. The third-order valence-electron chi connectivity index (χ3n) is 4.84. The summed E-state index contributed by atoms with van der Waals surface area (Å²) in [6.07, 6.45) is 4.93. The van der Waals surface area contributed by atoms with E-state index in [-0.39, 0.29) is 6.10 Å². The topological polar surface area (TPSA) is 78.1 Å². The number of hydrogen-bond acceptors (Lipinski definition) is 4. The first kappa shape index (κ1) is 20.0. The van der Waals surface area contributed by atoms with E-state index in [0.29, 0.717) is 19.1 Å². The number of anilines is 1. The summed E-state index contributed by atoms with van der Waals surface area (Å²) in [5, 5.41) is 3.15. The van der Waals surface area contributed by atoms with Gasteiger partial charge in [0.15, 0.2) is 17.5 Å². The molecule has 1 aliphatic rings. The number of aliphatic imine (C=N–C) groups is 1. The van der Waals surface area contributed by atoms with E-state index in [0.717, 1.165) is 41.2 Å². The number of ether oxygens (including phenoxy) is 3. The smallest absolute Gasteiger partial charge is 0.193 e. The quantitative estimate of drug-likeness (QED) is 0.530. The van der Waals surface area contributed by atoms with Crippen LogP contribution in [0.2, 0.25) is 0 Å². The van der Waals surface area contributed by atoms with Crippen LogP contribution < -0.4 is 20.5 Å². The van der Waals surface area contributed by atoms with E-state index in [1.807, 2.05) is 42.5 Å². The molecule has 1 fully saturated rings. The number of hydrogen-bond donors (Lipinski definition) is 2. The van der Waals surface area contributed by atoms with Crippen molar-refractivity contribution < 1.29 is 14.2 Å². The van der Waals surface area contributed by atoms with Crippen molar-refractivity contribution in [3.63, 3.8) is 0 Å². The summed E-state index contributed by atoms with van der Waals surface area (Å²) in [4.78, 5) is 4.47. The lowest BCUT2D eigenvalue weighted by molar-refractivity contribution is 0.185. The van der Waals surface area contributed by atoms with E-state index in [4.69, 9.17) is 19.9 Å². The number of methoxy groups -OCH3 is 2. The molecule has 0 amide bonds. The van der Waals surface area contributed by atoms with Crippen molar-refractivity contribution in [2.75, 3.05) is 19.5 Å². The highest BCUT2D eigenvalue weighted by molar-refractivity contribution is 5.92. The van der Waals surface area contributed by atoms with Gasteiger partial charge in [-0.2, -0.15) is 0 Å². The monoisotopic (exact) mass is 383 g/mol. The number of benzene rings is 2. The molecule has 6 heteroatoms. The molecular weight excluding hydrogens is 354 g/mol. The Labute approximate surface area is 166 Å². The van der Waals surface area contributed by atoms with E-state index in [2.05, 4.69) is 10.3 Å². The fourth-order valence-corrected chi connectivity index (χ4v) is 3.37. The largest absolute Gasteiger partial charge is 0.493 e. The fraction of sp³-hybridized carbons (Fsp3) is 0.409. The van der Waals surface area contributed by atoms with Crippen molar-refractivity contribution in [1.82, 2.24) is 0 Å². The predicted octanol–water partition coefficient (Wildman–Crippen LogP) is 4.09. The van der Waals surface area contributed by atoms with E-state index >= 15 is 0 Å². The number of rotatable bonds is 8. The molecule has 0 saturated heterocycles. The zero-order valence-electron chi connectivity index (χ0n) is 16.6. The first-order valence-corrected chi connectivity index (χ1v) is 9.67. The van der Waals surface area contributed by atoms with Gasteiger partial charge in [0.05, 0.1) is 26.4 Å². The number of nitrogens with zero attached hydrogens (tertiary/aromatic N) is 1. The van der Waals surface area contributed by atoms with Crippen LogP contribution in [0.1, 0.15) is 36.8 Å². The van der Waals surface area contributed by atoms with E-state index in [1.54, 1.807) is 14.2 Å². The van der Waals surface area contributed by atoms with Gasteiger partial charge in [-0.05, 0) is 49.4 Å². The molecule has 3 rings (SSSR count). The zero-order valence-corrected chi connectivity index (χ0v) is 16.6. The molecule has 0 unspecified atom stereocenters. The third kappa shape index (κ3) is 5.39. The van der Waals surface area contributed by atoms with Gasteiger partial charge in [-0.15, -0.1) is 0 Å². The van der Waals surface area contributed by atoms with E-state index in [9.17, 15) is 0 Å². The second-order valence-corrected chi connectivity index (χ2v) is 6.93. The molecule has 0 aromatic heterocycles. The Hall–Kier alpha value is -2.73. The third-order valence-corrected chi connectivity index (χ3v) is 4.84. The summed E-state index contributed by atoms with van der Waals surface area (Å²) < 4.78 is 16.8. The van der Waals surface area contributed by atoms with Gasteiger partial charge in [0.2, 0.25) is 0 Å². The molecule has 3 N–H and O–H groups in total. The predicted molar refractivity (Wildman–Crippen MR) is 112 cm³/mol. The summed E-state index contributed by atoms with van der Waals surface area (Å²) in [5.74, 6) is 1.89. The molecule has 1 aliphatic carbocycles. The molecule has 28 heavy (non-hydrogen) atoms. The average molecular weight is 383 g/mol. The van der Waals surface area contributed by atoms with Crippen LogP contribution in [0.3, 0.4) is 0 Å². The molecule has 0 atom stereocenters. The lowest BCUT2D eigenvalue weighted by atomic mass is 10.2. The zero-order chi connectivity index (χ0) is 19.8. The van der Waals surface area contributed by atoms with Crippen molar-refractivity contribution in [3.8, 4) is 11.5 Å². The Balaban J connectivity index is 1.67. The highest BCUT2D eigenvalue weighted by Gasteiger charge is 2.18. The van der Waals surface area contributed by atoms with E-state index in [1.165, 1.54) is 12.8 Å². The standard InChI is InChI=1S/C22H29N3O3/c1-26-15-17-7-3-6-10-19(17)25-22(23)24-14-16-11-12-20(27-2)21(13-16)28-18-8-4-5-9-18/h3,6-7,10-13,18H,4-5,8-9,14-15H2,1-2H3,(H3,23,24,25). The minimum Gasteiger partial charge on any atom is -0.493 e. The van der Waals surface area contributed by atoms with Gasteiger partial charge in [0.1, 0.15) is 0 Å². The summed E-state index contributed by atoms with van der Waals surface area (Å²) in [7, 11) is 3.33. The van der Waals surface area contributed by atoms with Crippen LogP contribution in [-0.2, 0) is 17.9 Å². The number of nitrogens with one attached hydrogen (secondary N) is 1. The molecule has 0 bridgehead atoms. The second kappa shape index (κ2) is 9.99. The minimum atomic E-state index is 0.275. The molecule has 150 valence electrons. The van der Waals surface area contributed by atoms with Crippen LogP contribution in [-0.4, -0.2) is 26.3 Å². The molecule has 1 saturated carbocycles. The summed E-state index contributed by atoms with van der Waals surface area (Å²) >= 11 is 0. The molecule has 2 aromatic rings. The number of guanidine groups is 1. The van der Waals surface area contributed by atoms with Crippen molar-refractivity contribution in [2.45, 2.75) is 44.9 Å². The average Bonchev–Trinajstić information content (AvgIpc) is 3.21. The van der Waals surface area contributed by atoms with E-state index < -0.39 is 0 Å². The van der Waals surface area contributed by atoms with Gasteiger partial charge in [-0.1, -0.05) is 24.3 Å². The molecular formula is C22H29N3O3. The molecule has 2 aromatic carbocycles. The Kier molecular flexibility index (Phi) is 7.14. The fourth-order valence-electron chi connectivity index (χ4n) is 3.37. The van der Waals surface area contributed by atoms with Crippen LogP contribution in [0.25, 0.3) is 0 Å².